The summed E-state index contributed by atoms with van der Waals surface area (Å²) in [5.41, 5.74) is 0. The van der Waals surface area contributed by atoms with Crippen LogP contribution in [0, 0.1) is 30.6 Å². The van der Waals surface area contributed by atoms with Crippen LogP contribution in [-0.2, 0) is 0 Å². The Kier molecular flexibility index (Phi) is 22.1. The molecule has 0 heterocycles. The second-order valence-corrected chi connectivity index (χ2v) is 8.94. The monoisotopic (exact) mass is 428 g/mol. The van der Waals surface area contributed by atoms with Crippen molar-refractivity contribution >= 4 is 0 Å². The molecule has 0 amide bonds. The highest BCUT2D eigenvalue weighted by molar-refractivity contribution is 5.06. The second-order valence-electron chi connectivity index (χ2n) is 8.94. The summed E-state index contributed by atoms with van der Waals surface area (Å²) in [6.45, 7) is 2.42. The molecule has 3 atom stereocenters. The molecule has 0 bridgehead atoms. The molecule has 0 saturated carbocycles. The summed E-state index contributed by atoms with van der Waals surface area (Å²) in [7, 11) is 0. The van der Waals surface area contributed by atoms with Gasteiger partial charge < -0.3 is 10.2 Å². The first-order valence-electron chi connectivity index (χ1n) is 12.7. The Bertz CT molecular complexity index is 520. The first kappa shape index (κ1) is 29.5. The Labute approximate surface area is 193 Å². The third-order valence-electron chi connectivity index (χ3n) is 5.86. The first-order chi connectivity index (χ1) is 15.1. The van der Waals surface area contributed by atoms with E-state index in [1.54, 1.807) is 12.2 Å². The zero-order chi connectivity index (χ0) is 23.0. The summed E-state index contributed by atoms with van der Waals surface area (Å²) < 4.78 is 0. The molecule has 0 rings (SSSR count). The highest BCUT2D eigenvalue weighted by Gasteiger charge is 2.02. The van der Waals surface area contributed by atoms with E-state index < -0.39 is 12.2 Å². The van der Waals surface area contributed by atoms with Crippen LogP contribution in [0.15, 0.2) is 24.3 Å². The zero-order valence-electron chi connectivity index (χ0n) is 20.1. The van der Waals surface area contributed by atoms with Gasteiger partial charge in [0.25, 0.3) is 0 Å². The van der Waals surface area contributed by atoms with Gasteiger partial charge in [-0.1, -0.05) is 114 Å². The highest BCUT2D eigenvalue weighted by atomic mass is 16.3. The van der Waals surface area contributed by atoms with E-state index in [2.05, 4.69) is 18.8 Å². The van der Waals surface area contributed by atoms with E-state index in [0.29, 0.717) is 0 Å². The molecular formula is C29H48O2. The average Bonchev–Trinajstić information content (AvgIpc) is 2.78. The lowest BCUT2D eigenvalue weighted by molar-refractivity contribution is 0.280. The van der Waals surface area contributed by atoms with Gasteiger partial charge in [0.2, 0.25) is 0 Å². The van der Waals surface area contributed by atoms with Crippen molar-refractivity contribution in [2.45, 2.75) is 128 Å². The van der Waals surface area contributed by atoms with E-state index >= 15 is 0 Å². The van der Waals surface area contributed by atoms with Crippen LogP contribution in [0.2, 0.25) is 0 Å². The smallest absolute Gasteiger partial charge is 0.133 e. The van der Waals surface area contributed by atoms with E-state index in [9.17, 15) is 10.2 Å². The molecule has 0 radical (unpaired) electrons. The van der Waals surface area contributed by atoms with Gasteiger partial charge in [0, 0.05) is 0 Å². The van der Waals surface area contributed by atoms with Crippen LogP contribution in [0.25, 0.3) is 0 Å². The van der Waals surface area contributed by atoms with Gasteiger partial charge in [0.05, 0.1) is 0 Å². The number of hydrogen-bond donors (Lipinski definition) is 2. The van der Waals surface area contributed by atoms with Crippen LogP contribution in [0.5, 0.6) is 0 Å². The Morgan fingerprint density at radius 3 is 1.26 bits per heavy atom. The largest absolute Gasteiger partial charge is 0.377 e. The number of terminal acetylenes is 2. The van der Waals surface area contributed by atoms with Gasteiger partial charge in [-0.3, -0.25) is 0 Å². The van der Waals surface area contributed by atoms with Crippen molar-refractivity contribution in [2.24, 2.45) is 5.92 Å². The van der Waals surface area contributed by atoms with Crippen molar-refractivity contribution in [2.75, 3.05) is 0 Å². The molecule has 0 saturated heterocycles. The number of aliphatic hydroxyl groups is 2. The molecule has 2 N–H and O–H groups in total. The number of allylic oxidation sites excluding steroid dienone is 2. The fourth-order valence-corrected chi connectivity index (χ4v) is 3.81. The molecule has 2 heteroatoms. The van der Waals surface area contributed by atoms with E-state index in [-0.39, 0.29) is 0 Å². The van der Waals surface area contributed by atoms with Crippen molar-refractivity contribution in [3.05, 3.63) is 24.3 Å². The SMILES string of the molecule is C#C[C@H](O)C=CCCCCCCCCC[C@@H](C)CCCCCCCCC=C[C@@H](O)C#C. The van der Waals surface area contributed by atoms with E-state index in [0.717, 1.165) is 18.8 Å². The summed E-state index contributed by atoms with van der Waals surface area (Å²) in [4.78, 5) is 0. The van der Waals surface area contributed by atoms with Gasteiger partial charge in [0.15, 0.2) is 0 Å². The fourth-order valence-electron chi connectivity index (χ4n) is 3.81. The maximum absolute atomic E-state index is 9.22. The summed E-state index contributed by atoms with van der Waals surface area (Å²) in [5.74, 6) is 5.46. The minimum Gasteiger partial charge on any atom is -0.377 e. The maximum Gasteiger partial charge on any atom is 0.133 e. The molecule has 0 aromatic rings. The third kappa shape index (κ3) is 23.0. The van der Waals surface area contributed by atoms with Gasteiger partial charge in [-0.15, -0.1) is 12.8 Å². The van der Waals surface area contributed by atoms with Gasteiger partial charge in [-0.05, 0) is 43.8 Å². The van der Waals surface area contributed by atoms with Crippen LogP contribution in [-0.4, -0.2) is 22.4 Å². The van der Waals surface area contributed by atoms with E-state index in [1.807, 2.05) is 12.2 Å². The predicted octanol–water partition coefficient (Wildman–Crippen LogP) is 7.35. The van der Waals surface area contributed by atoms with Crippen LogP contribution in [0.4, 0.5) is 0 Å². The van der Waals surface area contributed by atoms with Gasteiger partial charge in [-0.2, -0.15) is 0 Å². The van der Waals surface area contributed by atoms with Crippen LogP contribution < -0.4 is 0 Å². The molecule has 0 spiro atoms. The Hall–Kier alpha value is -1.48. The molecule has 0 aliphatic heterocycles. The van der Waals surface area contributed by atoms with Crippen LogP contribution >= 0.6 is 0 Å². The van der Waals surface area contributed by atoms with Crippen LogP contribution in [0.1, 0.15) is 116 Å². The van der Waals surface area contributed by atoms with Gasteiger partial charge >= 0.3 is 0 Å². The minimum absolute atomic E-state index is 0.720. The molecular weight excluding hydrogens is 380 g/mol. The first-order valence-corrected chi connectivity index (χ1v) is 12.7. The Morgan fingerprint density at radius 1 is 0.581 bits per heavy atom. The van der Waals surface area contributed by atoms with Crippen molar-refractivity contribution in [3.63, 3.8) is 0 Å². The van der Waals surface area contributed by atoms with Crippen molar-refractivity contribution in [1.29, 1.82) is 0 Å². The average molecular weight is 429 g/mol. The molecule has 0 aromatic heterocycles. The third-order valence-corrected chi connectivity index (χ3v) is 5.86. The number of rotatable bonds is 21. The number of hydrogen-bond acceptors (Lipinski definition) is 2. The maximum atomic E-state index is 9.22. The van der Waals surface area contributed by atoms with Gasteiger partial charge in [0.1, 0.15) is 12.2 Å². The molecule has 0 aliphatic carbocycles. The molecule has 31 heavy (non-hydrogen) atoms. The lowest BCUT2D eigenvalue weighted by atomic mass is 9.96. The van der Waals surface area contributed by atoms with Gasteiger partial charge in [-0.25, -0.2) is 0 Å². The molecule has 0 aliphatic rings. The summed E-state index contributed by atoms with van der Waals surface area (Å²) in [5, 5.41) is 18.4. The zero-order valence-corrected chi connectivity index (χ0v) is 20.1. The fraction of sp³-hybridized carbons (Fsp3) is 0.724. The van der Waals surface area contributed by atoms with Crippen molar-refractivity contribution in [3.8, 4) is 24.7 Å². The quantitative estimate of drug-likeness (QED) is 0.114. The van der Waals surface area contributed by atoms with Crippen LogP contribution in [0.3, 0.4) is 0 Å². The Morgan fingerprint density at radius 2 is 0.903 bits per heavy atom. The number of unbranched alkanes of at least 4 members (excludes halogenated alkanes) is 13. The normalized spacial score (nSPS) is 14.5. The molecule has 0 unspecified atom stereocenters. The number of aliphatic hydroxyl groups excluding tert-OH is 2. The van der Waals surface area contributed by atoms with E-state index in [1.165, 1.54) is 96.3 Å². The molecule has 176 valence electrons. The summed E-state index contributed by atoms with van der Waals surface area (Å²) in [6, 6.07) is 0. The summed E-state index contributed by atoms with van der Waals surface area (Å²) in [6.07, 6.45) is 38.2. The second kappa shape index (κ2) is 23.2. The molecule has 2 nitrogen and oxygen atoms in total. The van der Waals surface area contributed by atoms with E-state index in [4.69, 9.17) is 12.8 Å². The molecule has 0 aromatic carbocycles. The lowest BCUT2D eigenvalue weighted by Crippen LogP contribution is -1.95. The standard InChI is InChI=1S/C29H48O2/c1-4-28(30)25-21-17-13-8-6-7-11-15-19-23-27(3)24-20-16-12-9-10-14-18-22-26-29(31)5-2/h1-2,21-22,25-31H,6-20,23-24H2,3H3/t27-,28+,29+/m1/s1. The Balaban J connectivity index is 3.29. The highest BCUT2D eigenvalue weighted by Crippen LogP contribution is 2.19. The topological polar surface area (TPSA) is 40.5 Å². The van der Waals surface area contributed by atoms with Crippen molar-refractivity contribution < 1.29 is 10.2 Å². The summed E-state index contributed by atoms with van der Waals surface area (Å²) >= 11 is 0. The molecule has 0 fully saturated rings. The minimum atomic E-state index is -0.720. The van der Waals surface area contributed by atoms with Crippen molar-refractivity contribution in [1.82, 2.24) is 0 Å². The lowest BCUT2D eigenvalue weighted by Gasteiger charge is -2.11. The predicted molar refractivity (Wildman–Crippen MR) is 136 cm³/mol.